The van der Waals surface area contributed by atoms with Crippen LogP contribution in [0.5, 0.6) is 0 Å². The van der Waals surface area contributed by atoms with Crippen LogP contribution in [0.1, 0.15) is 22.8 Å². The van der Waals surface area contributed by atoms with E-state index in [0.29, 0.717) is 5.56 Å². The molecule has 1 amide bonds. The van der Waals surface area contributed by atoms with Crippen molar-refractivity contribution >= 4 is 22.5 Å². The van der Waals surface area contributed by atoms with Crippen LogP contribution in [0.2, 0.25) is 0 Å². The van der Waals surface area contributed by atoms with E-state index in [-0.39, 0.29) is 5.91 Å². The highest BCUT2D eigenvalue weighted by atomic mass is 16.1. The van der Waals surface area contributed by atoms with Crippen molar-refractivity contribution in [3.8, 4) is 0 Å². The van der Waals surface area contributed by atoms with Gasteiger partial charge in [-0.15, -0.1) is 0 Å². The summed E-state index contributed by atoms with van der Waals surface area (Å²) in [6.07, 6.45) is 2.70. The van der Waals surface area contributed by atoms with Gasteiger partial charge in [0.15, 0.2) is 0 Å². The Balaban J connectivity index is 1.87. The number of fused-ring (bicyclic) bond motifs is 1. The van der Waals surface area contributed by atoms with Crippen LogP contribution in [-0.4, -0.2) is 16.1 Å². The number of carbonyl (C=O) groups excluding carboxylic acids is 1. The zero-order valence-electron chi connectivity index (χ0n) is 11.2. The van der Waals surface area contributed by atoms with Crippen molar-refractivity contribution in [2.45, 2.75) is 13.3 Å². The standard InChI is InChI=1S/C16H15N3O/c1-2-11-6-8-13(9-7-11)18-16(20)14-5-3-4-12-10-17-19-15(12)14/h3-10H,2H2,1H3,(H,17,19)(H,18,20). The average Bonchev–Trinajstić information content (AvgIpc) is 2.96. The molecule has 0 spiro atoms. The fraction of sp³-hybridized carbons (Fsp3) is 0.125. The number of nitrogens with one attached hydrogen (secondary N) is 2. The molecule has 4 heteroatoms. The Labute approximate surface area is 116 Å². The number of rotatable bonds is 3. The highest BCUT2D eigenvalue weighted by Gasteiger charge is 2.11. The van der Waals surface area contributed by atoms with Crippen LogP contribution in [0.4, 0.5) is 5.69 Å². The lowest BCUT2D eigenvalue weighted by molar-refractivity contribution is 0.102. The van der Waals surface area contributed by atoms with Crippen LogP contribution in [-0.2, 0) is 6.42 Å². The molecule has 20 heavy (non-hydrogen) atoms. The molecule has 1 heterocycles. The van der Waals surface area contributed by atoms with Crippen molar-refractivity contribution in [3.63, 3.8) is 0 Å². The lowest BCUT2D eigenvalue weighted by Gasteiger charge is -2.06. The molecule has 1 aromatic heterocycles. The van der Waals surface area contributed by atoms with Crippen molar-refractivity contribution < 1.29 is 4.79 Å². The first-order valence-corrected chi connectivity index (χ1v) is 6.60. The minimum Gasteiger partial charge on any atom is -0.322 e. The summed E-state index contributed by atoms with van der Waals surface area (Å²) in [5, 5.41) is 10.7. The van der Waals surface area contributed by atoms with Crippen LogP contribution in [0, 0.1) is 0 Å². The van der Waals surface area contributed by atoms with Gasteiger partial charge in [0.05, 0.1) is 17.3 Å². The predicted octanol–water partition coefficient (Wildman–Crippen LogP) is 3.38. The highest BCUT2D eigenvalue weighted by Crippen LogP contribution is 2.18. The summed E-state index contributed by atoms with van der Waals surface area (Å²) < 4.78 is 0. The molecule has 0 saturated heterocycles. The molecule has 0 aliphatic heterocycles. The molecular formula is C16H15N3O. The third-order valence-electron chi connectivity index (χ3n) is 3.34. The molecule has 100 valence electrons. The van der Waals surface area contributed by atoms with Crippen molar-refractivity contribution in [3.05, 3.63) is 59.8 Å². The second-order valence-corrected chi connectivity index (χ2v) is 4.64. The molecule has 0 fully saturated rings. The van der Waals surface area contributed by atoms with Gasteiger partial charge in [0.1, 0.15) is 0 Å². The number of hydrogen-bond acceptors (Lipinski definition) is 2. The number of amides is 1. The SMILES string of the molecule is CCc1ccc(NC(=O)c2cccc3cn[nH]c23)cc1. The Bertz CT molecular complexity index is 744. The number of carbonyl (C=O) groups is 1. The largest absolute Gasteiger partial charge is 0.322 e. The molecule has 0 aliphatic rings. The second-order valence-electron chi connectivity index (χ2n) is 4.64. The summed E-state index contributed by atoms with van der Waals surface area (Å²) >= 11 is 0. The summed E-state index contributed by atoms with van der Waals surface area (Å²) in [6.45, 7) is 2.10. The van der Waals surface area contributed by atoms with Crippen molar-refractivity contribution in [1.29, 1.82) is 0 Å². The number of H-pyrrole nitrogens is 1. The van der Waals surface area contributed by atoms with Gasteiger partial charge in [-0.05, 0) is 30.2 Å². The van der Waals surface area contributed by atoms with Crippen LogP contribution in [0.25, 0.3) is 10.9 Å². The molecule has 4 nitrogen and oxygen atoms in total. The minimum absolute atomic E-state index is 0.135. The van der Waals surface area contributed by atoms with Crippen LogP contribution >= 0.6 is 0 Å². The number of anilines is 1. The molecule has 0 radical (unpaired) electrons. The van der Waals surface area contributed by atoms with Gasteiger partial charge in [-0.2, -0.15) is 5.10 Å². The fourth-order valence-corrected chi connectivity index (χ4v) is 2.18. The maximum atomic E-state index is 12.3. The summed E-state index contributed by atoms with van der Waals surface area (Å²) in [5.74, 6) is -0.135. The lowest BCUT2D eigenvalue weighted by Crippen LogP contribution is -2.12. The van der Waals surface area contributed by atoms with Gasteiger partial charge in [-0.25, -0.2) is 0 Å². The summed E-state index contributed by atoms with van der Waals surface area (Å²) in [6, 6.07) is 13.4. The smallest absolute Gasteiger partial charge is 0.257 e. The van der Waals surface area contributed by atoms with E-state index < -0.39 is 0 Å². The normalized spacial score (nSPS) is 10.7. The van der Waals surface area contributed by atoms with E-state index in [4.69, 9.17) is 0 Å². The Morgan fingerprint density at radius 2 is 2.00 bits per heavy atom. The zero-order valence-corrected chi connectivity index (χ0v) is 11.2. The van der Waals surface area contributed by atoms with Gasteiger partial charge >= 0.3 is 0 Å². The monoisotopic (exact) mass is 265 g/mol. The highest BCUT2D eigenvalue weighted by molar-refractivity contribution is 6.11. The molecule has 0 aliphatic carbocycles. The molecule has 0 bridgehead atoms. The first kappa shape index (κ1) is 12.4. The Morgan fingerprint density at radius 3 is 2.75 bits per heavy atom. The minimum atomic E-state index is -0.135. The lowest BCUT2D eigenvalue weighted by atomic mass is 10.1. The van der Waals surface area contributed by atoms with E-state index in [0.717, 1.165) is 23.0 Å². The van der Waals surface area contributed by atoms with Crippen molar-refractivity contribution in [1.82, 2.24) is 10.2 Å². The number of aryl methyl sites for hydroxylation is 1. The van der Waals surface area contributed by atoms with Crippen molar-refractivity contribution in [2.24, 2.45) is 0 Å². The van der Waals surface area contributed by atoms with Crippen LogP contribution < -0.4 is 5.32 Å². The number of aromatic nitrogens is 2. The molecule has 0 atom stereocenters. The van der Waals surface area contributed by atoms with E-state index in [2.05, 4.69) is 22.4 Å². The van der Waals surface area contributed by atoms with Gasteiger partial charge in [0.25, 0.3) is 5.91 Å². The zero-order chi connectivity index (χ0) is 13.9. The summed E-state index contributed by atoms with van der Waals surface area (Å²) in [7, 11) is 0. The topological polar surface area (TPSA) is 57.8 Å². The van der Waals surface area contributed by atoms with Gasteiger partial charge in [-0.1, -0.05) is 31.2 Å². The van der Waals surface area contributed by atoms with Crippen molar-refractivity contribution in [2.75, 3.05) is 5.32 Å². The maximum Gasteiger partial charge on any atom is 0.257 e. The van der Waals surface area contributed by atoms with Gasteiger partial charge in [0.2, 0.25) is 0 Å². The molecule has 0 saturated carbocycles. The molecule has 2 N–H and O–H groups in total. The second kappa shape index (κ2) is 5.17. The Morgan fingerprint density at radius 1 is 1.20 bits per heavy atom. The van der Waals surface area contributed by atoms with Crippen LogP contribution in [0.15, 0.2) is 48.7 Å². The summed E-state index contributed by atoms with van der Waals surface area (Å²) in [5.41, 5.74) is 3.40. The number of para-hydroxylation sites is 1. The van der Waals surface area contributed by atoms with E-state index >= 15 is 0 Å². The Hall–Kier alpha value is -2.62. The molecule has 3 rings (SSSR count). The fourth-order valence-electron chi connectivity index (χ4n) is 2.18. The molecular weight excluding hydrogens is 250 g/mol. The van der Waals surface area contributed by atoms with E-state index in [1.165, 1.54) is 5.56 Å². The predicted molar refractivity (Wildman–Crippen MR) is 79.9 cm³/mol. The van der Waals surface area contributed by atoms with Gasteiger partial charge in [-0.3, -0.25) is 9.89 Å². The van der Waals surface area contributed by atoms with Gasteiger partial charge in [0, 0.05) is 11.1 Å². The molecule has 0 unspecified atom stereocenters. The number of benzene rings is 2. The molecule has 2 aromatic carbocycles. The van der Waals surface area contributed by atoms with E-state index in [9.17, 15) is 4.79 Å². The quantitative estimate of drug-likeness (QED) is 0.762. The third kappa shape index (κ3) is 2.28. The Kier molecular flexibility index (Phi) is 3.21. The first-order valence-electron chi connectivity index (χ1n) is 6.60. The van der Waals surface area contributed by atoms with Gasteiger partial charge < -0.3 is 5.32 Å². The van der Waals surface area contributed by atoms with E-state index in [1.807, 2.05) is 36.4 Å². The number of hydrogen-bond donors (Lipinski definition) is 2. The number of aromatic amines is 1. The van der Waals surface area contributed by atoms with Crippen LogP contribution in [0.3, 0.4) is 0 Å². The van der Waals surface area contributed by atoms with E-state index in [1.54, 1.807) is 12.3 Å². The average molecular weight is 265 g/mol. The summed E-state index contributed by atoms with van der Waals surface area (Å²) in [4.78, 5) is 12.3. The number of nitrogens with zero attached hydrogens (tertiary/aromatic N) is 1. The maximum absolute atomic E-state index is 12.3. The third-order valence-corrected chi connectivity index (χ3v) is 3.34. The first-order chi connectivity index (χ1) is 9.78. The molecule has 3 aromatic rings.